The largest absolute Gasteiger partial charge is 0.348 e. The van der Waals surface area contributed by atoms with E-state index in [0.717, 1.165) is 48.0 Å². The number of hydrogen-bond donors (Lipinski definition) is 1. The molecule has 0 spiro atoms. The van der Waals surface area contributed by atoms with Crippen molar-refractivity contribution in [2.45, 2.75) is 70.9 Å². The van der Waals surface area contributed by atoms with Crippen LogP contribution < -0.4 is 10.2 Å². The molecule has 4 rings (SSSR count). The molecule has 1 amide bonds. The number of thiazole rings is 1. The molecule has 27 heavy (non-hydrogen) atoms. The van der Waals surface area contributed by atoms with Crippen LogP contribution in [0.15, 0.2) is 17.6 Å². The van der Waals surface area contributed by atoms with E-state index in [1.165, 1.54) is 38.5 Å². The predicted molar refractivity (Wildman–Crippen MR) is 111 cm³/mol. The van der Waals surface area contributed by atoms with E-state index in [0.29, 0.717) is 12.6 Å². The molecule has 0 aromatic carbocycles. The van der Waals surface area contributed by atoms with Crippen molar-refractivity contribution >= 4 is 22.4 Å². The van der Waals surface area contributed by atoms with Crippen LogP contribution in [0.25, 0.3) is 0 Å². The Kier molecular flexibility index (Phi) is 5.81. The number of carbonyl (C=O) groups excluding carboxylic acids is 1. The van der Waals surface area contributed by atoms with Crippen molar-refractivity contribution in [2.24, 2.45) is 0 Å². The normalized spacial score (nSPS) is 18.6. The highest BCUT2D eigenvalue weighted by Gasteiger charge is 2.20. The van der Waals surface area contributed by atoms with E-state index in [1.807, 2.05) is 13.0 Å². The van der Waals surface area contributed by atoms with Crippen molar-refractivity contribution in [3.05, 3.63) is 34.6 Å². The molecule has 1 saturated heterocycles. The molecular formula is C21H30N4OS. The molecule has 2 aromatic heterocycles. The van der Waals surface area contributed by atoms with Gasteiger partial charge in [0.25, 0.3) is 5.91 Å². The first kappa shape index (κ1) is 18.5. The monoisotopic (exact) mass is 386 g/mol. The van der Waals surface area contributed by atoms with Gasteiger partial charge in [0.15, 0.2) is 5.13 Å². The molecule has 1 aliphatic carbocycles. The average Bonchev–Trinajstić information content (AvgIpc) is 3.30. The van der Waals surface area contributed by atoms with Crippen molar-refractivity contribution < 1.29 is 4.79 Å². The molecule has 1 saturated carbocycles. The lowest BCUT2D eigenvalue weighted by Gasteiger charge is -2.25. The van der Waals surface area contributed by atoms with Gasteiger partial charge in [-0.15, -0.1) is 11.3 Å². The Hall–Kier alpha value is -1.82. The van der Waals surface area contributed by atoms with Crippen molar-refractivity contribution in [1.29, 1.82) is 0 Å². The van der Waals surface area contributed by atoms with E-state index < -0.39 is 0 Å². The lowest BCUT2D eigenvalue weighted by Crippen LogP contribution is -2.37. The molecule has 3 heterocycles. The number of anilines is 1. The minimum Gasteiger partial charge on any atom is -0.348 e. The van der Waals surface area contributed by atoms with Crippen molar-refractivity contribution in [3.8, 4) is 0 Å². The molecule has 1 aliphatic heterocycles. The second kappa shape index (κ2) is 8.46. The van der Waals surface area contributed by atoms with E-state index in [4.69, 9.17) is 4.98 Å². The Balaban J connectivity index is 1.44. The summed E-state index contributed by atoms with van der Waals surface area (Å²) in [6.07, 6.45) is 11.9. The van der Waals surface area contributed by atoms with Gasteiger partial charge >= 0.3 is 0 Å². The smallest absolute Gasteiger partial charge is 0.268 e. The van der Waals surface area contributed by atoms with Crippen LogP contribution >= 0.6 is 11.3 Å². The van der Waals surface area contributed by atoms with Crippen molar-refractivity contribution in [3.63, 3.8) is 0 Å². The zero-order valence-electron chi connectivity index (χ0n) is 16.2. The number of aryl methyl sites for hydroxylation is 1. The van der Waals surface area contributed by atoms with Crippen molar-refractivity contribution in [1.82, 2.24) is 14.9 Å². The molecule has 2 aromatic rings. The van der Waals surface area contributed by atoms with E-state index in [2.05, 4.69) is 26.4 Å². The zero-order valence-corrected chi connectivity index (χ0v) is 17.1. The second-order valence-electron chi connectivity index (χ2n) is 8.01. The number of carbonyl (C=O) groups is 1. The van der Waals surface area contributed by atoms with Gasteiger partial charge in [-0.05, 0) is 50.7 Å². The maximum absolute atomic E-state index is 12.8. The molecule has 2 aliphatic rings. The van der Waals surface area contributed by atoms with Crippen LogP contribution in [-0.2, 0) is 6.54 Å². The summed E-state index contributed by atoms with van der Waals surface area (Å²) in [5, 5.41) is 6.51. The highest BCUT2D eigenvalue weighted by atomic mass is 32.1. The molecular weight excluding hydrogens is 356 g/mol. The summed E-state index contributed by atoms with van der Waals surface area (Å²) in [5.41, 5.74) is 2.92. The average molecular weight is 387 g/mol. The van der Waals surface area contributed by atoms with Gasteiger partial charge < -0.3 is 14.8 Å². The Morgan fingerprint density at radius 2 is 1.93 bits per heavy atom. The van der Waals surface area contributed by atoms with Crippen LogP contribution in [-0.4, -0.2) is 34.6 Å². The topological polar surface area (TPSA) is 50.2 Å². The summed E-state index contributed by atoms with van der Waals surface area (Å²) in [7, 11) is 0. The third-order valence-corrected chi connectivity index (χ3v) is 6.66. The van der Waals surface area contributed by atoms with Crippen molar-refractivity contribution in [2.75, 3.05) is 18.0 Å². The molecule has 146 valence electrons. The number of nitrogens with zero attached hydrogens (tertiary/aromatic N) is 3. The molecule has 2 fully saturated rings. The lowest BCUT2D eigenvalue weighted by molar-refractivity contribution is 0.0918. The van der Waals surface area contributed by atoms with E-state index in [-0.39, 0.29) is 5.91 Å². The fourth-order valence-electron chi connectivity index (χ4n) is 4.26. The maximum atomic E-state index is 12.8. The van der Waals surface area contributed by atoms with E-state index in [9.17, 15) is 4.79 Å². The first-order valence-corrected chi connectivity index (χ1v) is 11.2. The fraction of sp³-hybridized carbons (Fsp3) is 0.619. The minimum atomic E-state index is 0.0569. The molecule has 0 radical (unpaired) electrons. The number of nitrogens with one attached hydrogen (secondary N) is 1. The second-order valence-corrected chi connectivity index (χ2v) is 8.84. The van der Waals surface area contributed by atoms with E-state index in [1.54, 1.807) is 11.3 Å². The summed E-state index contributed by atoms with van der Waals surface area (Å²) in [6.45, 7) is 4.94. The first-order chi connectivity index (χ1) is 13.2. The Labute approximate surface area is 165 Å². The third-order valence-electron chi connectivity index (χ3n) is 5.70. The van der Waals surface area contributed by atoms with Crippen LogP contribution in [0.2, 0.25) is 0 Å². The highest BCUT2D eigenvalue weighted by molar-refractivity contribution is 7.13. The van der Waals surface area contributed by atoms with Crippen LogP contribution in [0.3, 0.4) is 0 Å². The number of amides is 1. The van der Waals surface area contributed by atoms with Crippen LogP contribution in [0, 0.1) is 6.92 Å². The maximum Gasteiger partial charge on any atom is 0.268 e. The Morgan fingerprint density at radius 1 is 1.19 bits per heavy atom. The molecule has 0 unspecified atom stereocenters. The summed E-state index contributed by atoms with van der Waals surface area (Å²) in [4.78, 5) is 20.1. The van der Waals surface area contributed by atoms with Crippen LogP contribution in [0.4, 0.5) is 5.13 Å². The van der Waals surface area contributed by atoms with Gasteiger partial charge in [-0.1, -0.05) is 19.3 Å². The molecule has 6 heteroatoms. The summed E-state index contributed by atoms with van der Waals surface area (Å²) in [5.74, 6) is 0.0569. The summed E-state index contributed by atoms with van der Waals surface area (Å²) < 4.78 is 2.06. The van der Waals surface area contributed by atoms with Gasteiger partial charge in [-0.25, -0.2) is 4.98 Å². The van der Waals surface area contributed by atoms with Gasteiger partial charge in [0.1, 0.15) is 5.69 Å². The van der Waals surface area contributed by atoms with Gasteiger partial charge in [0.05, 0.1) is 12.2 Å². The van der Waals surface area contributed by atoms with Crippen LogP contribution in [0.5, 0.6) is 0 Å². The third kappa shape index (κ3) is 4.54. The quantitative estimate of drug-likeness (QED) is 0.831. The molecule has 0 bridgehead atoms. The Bertz CT molecular complexity index is 769. The number of rotatable bonds is 5. The lowest BCUT2D eigenvalue weighted by atomic mass is 9.95. The zero-order chi connectivity index (χ0) is 18.6. The predicted octanol–water partition coefficient (Wildman–Crippen LogP) is 4.35. The molecule has 0 atom stereocenters. The van der Waals surface area contributed by atoms with Gasteiger partial charge in [-0.3, -0.25) is 4.79 Å². The number of aromatic nitrogens is 2. The SMILES string of the molecule is Cc1cc(C(=O)NC2CCCCC2)n(Cc2csc(N3CCCCC3)n2)c1. The Morgan fingerprint density at radius 3 is 2.70 bits per heavy atom. The first-order valence-electron chi connectivity index (χ1n) is 10.4. The van der Waals surface area contributed by atoms with Gasteiger partial charge in [0.2, 0.25) is 0 Å². The standard InChI is InChI=1S/C21H30N4OS/c1-16-12-19(20(26)22-17-8-4-2-5-9-17)25(13-16)14-18-15-27-21(23-18)24-10-6-3-7-11-24/h12-13,15,17H,2-11,14H2,1H3,(H,22,26). The van der Waals surface area contributed by atoms with Gasteiger partial charge in [0, 0.05) is 30.7 Å². The van der Waals surface area contributed by atoms with E-state index >= 15 is 0 Å². The summed E-state index contributed by atoms with van der Waals surface area (Å²) in [6, 6.07) is 2.33. The number of hydrogen-bond acceptors (Lipinski definition) is 4. The fourth-order valence-corrected chi connectivity index (χ4v) is 5.13. The van der Waals surface area contributed by atoms with Crippen LogP contribution in [0.1, 0.15) is 73.1 Å². The highest BCUT2D eigenvalue weighted by Crippen LogP contribution is 2.25. The molecule has 5 nitrogen and oxygen atoms in total. The van der Waals surface area contributed by atoms with Gasteiger partial charge in [-0.2, -0.15) is 0 Å². The number of piperidine rings is 1. The minimum absolute atomic E-state index is 0.0569. The molecule has 1 N–H and O–H groups in total. The summed E-state index contributed by atoms with van der Waals surface area (Å²) >= 11 is 1.73.